The molecule has 1 aromatic heterocycles. The summed E-state index contributed by atoms with van der Waals surface area (Å²) in [6.45, 7) is 5.51. The second-order valence-electron chi connectivity index (χ2n) is 6.86. The second-order valence-corrected chi connectivity index (χ2v) is 6.86. The zero-order valence-electron chi connectivity index (χ0n) is 13.7. The summed E-state index contributed by atoms with van der Waals surface area (Å²) >= 11 is 0. The maximum absolute atomic E-state index is 13.5. The predicted octanol–water partition coefficient (Wildman–Crippen LogP) is 2.48. The highest BCUT2D eigenvalue weighted by Gasteiger charge is 2.45. The van der Waals surface area contributed by atoms with Crippen LogP contribution in [0.2, 0.25) is 0 Å². The summed E-state index contributed by atoms with van der Waals surface area (Å²) in [5.74, 6) is -0.0911. The number of fused-ring (bicyclic) bond motifs is 1. The molecule has 1 atom stereocenters. The van der Waals surface area contributed by atoms with Crippen LogP contribution in [0.5, 0.6) is 0 Å². The van der Waals surface area contributed by atoms with Gasteiger partial charge in [-0.05, 0) is 55.6 Å². The first-order valence-corrected chi connectivity index (χ1v) is 8.23. The number of carbonyl (C=O) groups excluding carboxylic acids is 1. The van der Waals surface area contributed by atoms with Crippen LogP contribution in [-0.2, 0) is 10.2 Å². The van der Waals surface area contributed by atoms with Gasteiger partial charge in [0, 0.05) is 17.1 Å². The predicted molar refractivity (Wildman–Crippen MR) is 89.9 cm³/mol. The lowest BCUT2D eigenvalue weighted by molar-refractivity contribution is -0.127. The Kier molecular flexibility index (Phi) is 4.25. The minimum atomic E-state index is -0.592. The molecule has 5 heteroatoms. The molecule has 0 spiro atoms. The van der Waals surface area contributed by atoms with Crippen LogP contribution in [0.4, 0.5) is 4.39 Å². The normalized spacial score (nSPS) is 19.2. The van der Waals surface area contributed by atoms with Gasteiger partial charge in [-0.3, -0.25) is 4.79 Å². The Bertz CT molecular complexity index is 716. The number of Topliss-reactive ketones (excluding diaryl/α,β-unsaturated/α-hetero) is 1. The Hall–Kier alpha value is -1.72. The molecule has 124 valence electrons. The van der Waals surface area contributed by atoms with Crippen LogP contribution in [0.3, 0.4) is 0 Å². The van der Waals surface area contributed by atoms with Crippen LogP contribution in [-0.4, -0.2) is 29.9 Å². The van der Waals surface area contributed by atoms with E-state index in [4.69, 9.17) is 5.73 Å². The minimum absolute atomic E-state index is 0.0944. The van der Waals surface area contributed by atoms with E-state index in [9.17, 15) is 9.18 Å². The summed E-state index contributed by atoms with van der Waals surface area (Å²) in [6, 6.07) is 4.19. The molecular formula is C18H24FN3O. The molecule has 0 aliphatic carbocycles. The molecule has 3 rings (SSSR count). The van der Waals surface area contributed by atoms with E-state index in [1.165, 1.54) is 12.1 Å². The third kappa shape index (κ3) is 2.68. The largest absolute Gasteiger partial charge is 0.361 e. The van der Waals surface area contributed by atoms with Crippen LogP contribution in [0.25, 0.3) is 10.9 Å². The molecule has 1 unspecified atom stereocenters. The highest BCUT2D eigenvalue weighted by Crippen LogP contribution is 2.40. The van der Waals surface area contributed by atoms with Crippen molar-refractivity contribution in [3.05, 3.63) is 35.8 Å². The fraction of sp³-hybridized carbons (Fsp3) is 0.500. The highest BCUT2D eigenvalue weighted by molar-refractivity contribution is 5.99. The van der Waals surface area contributed by atoms with Gasteiger partial charge in [-0.25, -0.2) is 4.39 Å². The summed E-state index contributed by atoms with van der Waals surface area (Å²) < 4.78 is 13.5. The lowest BCUT2D eigenvalue weighted by Gasteiger charge is -2.38. The molecule has 1 aromatic carbocycles. The fourth-order valence-corrected chi connectivity index (χ4v) is 3.62. The maximum atomic E-state index is 13.5. The molecule has 1 aliphatic rings. The van der Waals surface area contributed by atoms with Crippen molar-refractivity contribution in [1.82, 2.24) is 10.3 Å². The molecule has 0 bridgehead atoms. The van der Waals surface area contributed by atoms with E-state index in [1.54, 1.807) is 6.07 Å². The first-order valence-electron chi connectivity index (χ1n) is 8.23. The Balaban J connectivity index is 2.13. The van der Waals surface area contributed by atoms with Crippen molar-refractivity contribution in [2.75, 3.05) is 13.1 Å². The van der Waals surface area contributed by atoms with Crippen molar-refractivity contribution in [2.45, 2.75) is 38.1 Å². The van der Waals surface area contributed by atoms with Crippen molar-refractivity contribution in [1.29, 1.82) is 0 Å². The average molecular weight is 317 g/mol. The molecule has 1 aliphatic heterocycles. The number of piperidine rings is 1. The van der Waals surface area contributed by atoms with Gasteiger partial charge in [0.2, 0.25) is 0 Å². The summed E-state index contributed by atoms with van der Waals surface area (Å²) in [5, 5.41) is 4.23. The number of carbonyl (C=O) groups is 1. The van der Waals surface area contributed by atoms with Crippen molar-refractivity contribution in [3.8, 4) is 0 Å². The summed E-state index contributed by atoms with van der Waals surface area (Å²) in [7, 11) is 0. The molecule has 4 nitrogen and oxygen atoms in total. The van der Waals surface area contributed by atoms with E-state index in [0.717, 1.165) is 42.4 Å². The van der Waals surface area contributed by atoms with Crippen molar-refractivity contribution >= 4 is 16.7 Å². The highest BCUT2D eigenvalue weighted by atomic mass is 19.1. The zero-order chi connectivity index (χ0) is 16.6. The number of hydrogen-bond acceptors (Lipinski definition) is 3. The van der Waals surface area contributed by atoms with Crippen LogP contribution >= 0.6 is 0 Å². The SMILES string of the molecule is CC(C)C(N)C(=O)C1(c2c[nH]c3cc(F)ccc23)CCNCC1. The van der Waals surface area contributed by atoms with Crippen molar-refractivity contribution < 1.29 is 9.18 Å². The molecule has 2 heterocycles. The number of nitrogens with two attached hydrogens (primary N) is 1. The van der Waals surface area contributed by atoms with E-state index in [0.29, 0.717) is 0 Å². The van der Waals surface area contributed by atoms with Gasteiger partial charge in [-0.2, -0.15) is 0 Å². The van der Waals surface area contributed by atoms with Crippen LogP contribution in [0.1, 0.15) is 32.3 Å². The van der Waals surface area contributed by atoms with Gasteiger partial charge < -0.3 is 16.0 Å². The quantitative estimate of drug-likeness (QED) is 0.811. The summed E-state index contributed by atoms with van der Waals surface area (Å²) in [4.78, 5) is 16.4. The maximum Gasteiger partial charge on any atom is 0.160 e. The first kappa shape index (κ1) is 16.1. The third-order valence-electron chi connectivity index (χ3n) is 5.11. The lowest BCUT2D eigenvalue weighted by Crippen LogP contribution is -2.53. The number of benzene rings is 1. The van der Waals surface area contributed by atoms with Gasteiger partial charge in [0.15, 0.2) is 5.78 Å². The van der Waals surface area contributed by atoms with E-state index >= 15 is 0 Å². The number of nitrogens with one attached hydrogen (secondary N) is 2. The van der Waals surface area contributed by atoms with Gasteiger partial charge in [-0.15, -0.1) is 0 Å². The topological polar surface area (TPSA) is 70.9 Å². The molecular weight excluding hydrogens is 293 g/mol. The van der Waals surface area contributed by atoms with Crippen LogP contribution in [0, 0.1) is 11.7 Å². The third-order valence-corrected chi connectivity index (χ3v) is 5.11. The summed E-state index contributed by atoms with van der Waals surface area (Å²) in [6.07, 6.45) is 3.30. The van der Waals surface area contributed by atoms with Crippen LogP contribution in [0.15, 0.2) is 24.4 Å². The molecule has 0 amide bonds. The molecule has 1 fully saturated rings. The van der Waals surface area contributed by atoms with Gasteiger partial charge in [0.05, 0.1) is 11.5 Å². The number of rotatable bonds is 4. The number of hydrogen-bond donors (Lipinski definition) is 3. The van der Waals surface area contributed by atoms with E-state index in [1.807, 2.05) is 20.0 Å². The Labute approximate surface area is 135 Å². The molecule has 23 heavy (non-hydrogen) atoms. The molecule has 0 radical (unpaired) electrons. The van der Waals surface area contributed by atoms with Gasteiger partial charge >= 0.3 is 0 Å². The Morgan fingerprint density at radius 1 is 1.30 bits per heavy atom. The van der Waals surface area contributed by atoms with Gasteiger partial charge in [0.25, 0.3) is 0 Å². The van der Waals surface area contributed by atoms with Crippen LogP contribution < -0.4 is 11.1 Å². The first-order chi connectivity index (χ1) is 11.0. The smallest absolute Gasteiger partial charge is 0.160 e. The number of aromatic nitrogens is 1. The van der Waals surface area contributed by atoms with E-state index in [2.05, 4.69) is 10.3 Å². The van der Waals surface area contributed by atoms with Crippen molar-refractivity contribution in [2.24, 2.45) is 11.7 Å². The zero-order valence-corrected chi connectivity index (χ0v) is 13.7. The van der Waals surface area contributed by atoms with E-state index < -0.39 is 11.5 Å². The fourth-order valence-electron chi connectivity index (χ4n) is 3.62. The average Bonchev–Trinajstić information content (AvgIpc) is 2.97. The standard InChI is InChI=1S/C18H24FN3O/c1-11(2)16(20)17(23)18(5-7-21-8-6-18)14-10-22-15-9-12(19)3-4-13(14)15/h3-4,9-11,16,21-22H,5-8,20H2,1-2H3. The monoisotopic (exact) mass is 317 g/mol. The number of H-pyrrole nitrogens is 1. The number of halogens is 1. The number of ketones is 1. The summed E-state index contributed by atoms with van der Waals surface area (Å²) in [5.41, 5.74) is 7.30. The van der Waals surface area contributed by atoms with Gasteiger partial charge in [-0.1, -0.05) is 13.8 Å². The number of aromatic amines is 1. The van der Waals surface area contributed by atoms with Gasteiger partial charge in [0.1, 0.15) is 5.82 Å². The second kappa shape index (κ2) is 6.06. The molecule has 4 N–H and O–H groups in total. The molecule has 1 saturated heterocycles. The minimum Gasteiger partial charge on any atom is -0.361 e. The molecule has 0 saturated carbocycles. The Morgan fingerprint density at radius 3 is 2.65 bits per heavy atom. The molecule has 2 aromatic rings. The Morgan fingerprint density at radius 2 is 2.00 bits per heavy atom. The lowest BCUT2D eigenvalue weighted by atomic mass is 9.67. The van der Waals surface area contributed by atoms with Crippen molar-refractivity contribution in [3.63, 3.8) is 0 Å². The van der Waals surface area contributed by atoms with E-state index in [-0.39, 0.29) is 17.5 Å².